The largest absolute Gasteiger partial charge is 0.394 e. The Hall–Kier alpha value is -0.680. The summed E-state index contributed by atoms with van der Waals surface area (Å²) in [4.78, 5) is 13.7. The van der Waals surface area contributed by atoms with E-state index in [0.29, 0.717) is 0 Å². The van der Waals surface area contributed by atoms with Crippen molar-refractivity contribution >= 4 is 23.1 Å². The molecular weight excluding hydrogens is 212 g/mol. The highest BCUT2D eigenvalue weighted by Crippen LogP contribution is 2.15. The molecule has 5 heteroatoms. The standard InChI is InChI=1S/C10H20N2O2S/c1-6(2)8(9(11)15)10(14)12(4)7(3)5-13/h6-8,13H,5H2,1-4H3,(H2,11,15). The van der Waals surface area contributed by atoms with Crippen LogP contribution in [0.25, 0.3) is 0 Å². The van der Waals surface area contributed by atoms with Gasteiger partial charge in [0.25, 0.3) is 0 Å². The zero-order valence-electron chi connectivity index (χ0n) is 9.73. The van der Waals surface area contributed by atoms with Crippen LogP contribution in [0.5, 0.6) is 0 Å². The Morgan fingerprint density at radius 2 is 1.93 bits per heavy atom. The Morgan fingerprint density at radius 1 is 1.47 bits per heavy atom. The van der Waals surface area contributed by atoms with E-state index in [2.05, 4.69) is 0 Å². The van der Waals surface area contributed by atoms with E-state index in [1.165, 1.54) is 4.90 Å². The average molecular weight is 232 g/mol. The predicted molar refractivity (Wildman–Crippen MR) is 64.4 cm³/mol. The van der Waals surface area contributed by atoms with Crippen LogP contribution in [0, 0.1) is 11.8 Å². The Labute approximate surface area is 96.4 Å². The second-order valence-corrected chi connectivity index (χ2v) is 4.58. The van der Waals surface area contributed by atoms with Crippen LogP contribution in [0.15, 0.2) is 0 Å². The molecule has 0 rings (SSSR count). The van der Waals surface area contributed by atoms with E-state index in [1.54, 1.807) is 14.0 Å². The fourth-order valence-corrected chi connectivity index (χ4v) is 1.67. The zero-order chi connectivity index (χ0) is 12.2. The molecule has 4 nitrogen and oxygen atoms in total. The van der Waals surface area contributed by atoms with Gasteiger partial charge >= 0.3 is 0 Å². The molecule has 0 saturated heterocycles. The van der Waals surface area contributed by atoms with Crippen molar-refractivity contribution in [2.75, 3.05) is 13.7 Å². The fourth-order valence-electron chi connectivity index (χ4n) is 1.29. The predicted octanol–water partition coefficient (Wildman–Crippen LogP) is 0.384. The van der Waals surface area contributed by atoms with Crippen molar-refractivity contribution in [2.45, 2.75) is 26.8 Å². The lowest BCUT2D eigenvalue weighted by Crippen LogP contribution is -2.46. The molecule has 1 amide bonds. The van der Waals surface area contributed by atoms with E-state index in [1.807, 2.05) is 13.8 Å². The number of aliphatic hydroxyl groups excluding tert-OH is 1. The molecule has 0 heterocycles. The second kappa shape index (κ2) is 6.02. The molecule has 0 spiro atoms. The lowest BCUT2D eigenvalue weighted by Gasteiger charge is -2.29. The number of nitrogens with two attached hydrogens (primary N) is 1. The monoisotopic (exact) mass is 232 g/mol. The number of hydrogen-bond acceptors (Lipinski definition) is 3. The van der Waals surface area contributed by atoms with Gasteiger partial charge in [0.05, 0.1) is 23.6 Å². The van der Waals surface area contributed by atoms with Gasteiger partial charge in [-0.05, 0) is 12.8 Å². The third-order valence-electron chi connectivity index (χ3n) is 2.51. The van der Waals surface area contributed by atoms with Crippen molar-refractivity contribution in [3.05, 3.63) is 0 Å². The third kappa shape index (κ3) is 3.76. The zero-order valence-corrected chi connectivity index (χ0v) is 10.5. The third-order valence-corrected chi connectivity index (χ3v) is 2.77. The van der Waals surface area contributed by atoms with Crippen LogP contribution < -0.4 is 5.73 Å². The summed E-state index contributed by atoms with van der Waals surface area (Å²) in [5, 5.41) is 8.96. The Morgan fingerprint density at radius 3 is 2.20 bits per heavy atom. The Bertz CT molecular complexity index is 244. The molecule has 3 N–H and O–H groups in total. The van der Waals surface area contributed by atoms with Gasteiger partial charge in [-0.2, -0.15) is 0 Å². The summed E-state index contributed by atoms with van der Waals surface area (Å²) in [5.74, 6) is -0.499. The number of aliphatic hydroxyl groups is 1. The summed E-state index contributed by atoms with van der Waals surface area (Å²) < 4.78 is 0. The number of likely N-dealkylation sites (N-methyl/N-ethyl adjacent to an activating group) is 1. The Balaban J connectivity index is 4.72. The maximum absolute atomic E-state index is 12.0. The van der Waals surface area contributed by atoms with E-state index in [0.717, 1.165) is 0 Å². The molecule has 0 aromatic carbocycles. The lowest BCUT2D eigenvalue weighted by molar-refractivity contribution is -0.135. The number of hydrogen-bond donors (Lipinski definition) is 2. The first-order chi connectivity index (χ1) is 6.82. The number of nitrogens with zero attached hydrogens (tertiary/aromatic N) is 1. The maximum atomic E-state index is 12.0. The van der Waals surface area contributed by atoms with Crippen LogP contribution >= 0.6 is 12.2 Å². The highest BCUT2D eigenvalue weighted by atomic mass is 32.1. The van der Waals surface area contributed by atoms with Crippen LogP contribution in [0.1, 0.15) is 20.8 Å². The van der Waals surface area contributed by atoms with Crippen molar-refractivity contribution in [1.82, 2.24) is 4.90 Å². The van der Waals surface area contributed by atoms with Crippen LogP contribution in [-0.4, -0.2) is 40.6 Å². The van der Waals surface area contributed by atoms with E-state index in [-0.39, 0.29) is 29.5 Å². The van der Waals surface area contributed by atoms with E-state index in [4.69, 9.17) is 23.1 Å². The smallest absolute Gasteiger partial charge is 0.232 e. The van der Waals surface area contributed by atoms with Crippen LogP contribution in [0.4, 0.5) is 0 Å². The fraction of sp³-hybridized carbons (Fsp3) is 0.800. The first-order valence-corrected chi connectivity index (χ1v) is 5.40. The molecule has 0 saturated carbocycles. The van der Waals surface area contributed by atoms with Gasteiger partial charge in [-0.15, -0.1) is 0 Å². The summed E-state index contributed by atoms with van der Waals surface area (Å²) in [5.41, 5.74) is 5.54. The summed E-state index contributed by atoms with van der Waals surface area (Å²) in [6, 6.07) is -0.215. The molecule has 2 atom stereocenters. The average Bonchev–Trinajstić information content (AvgIpc) is 2.14. The molecule has 0 aliphatic heterocycles. The van der Waals surface area contributed by atoms with Crippen molar-refractivity contribution in [3.8, 4) is 0 Å². The summed E-state index contributed by atoms with van der Waals surface area (Å²) in [7, 11) is 1.65. The molecule has 0 aliphatic rings. The normalized spacial score (nSPS) is 14.8. The number of carbonyl (C=O) groups is 1. The molecular formula is C10H20N2O2S. The minimum atomic E-state index is -0.445. The van der Waals surface area contributed by atoms with Crippen LogP contribution in [0.3, 0.4) is 0 Å². The van der Waals surface area contributed by atoms with E-state index in [9.17, 15) is 4.79 Å². The topological polar surface area (TPSA) is 66.6 Å². The number of carbonyl (C=O) groups excluding carboxylic acids is 1. The molecule has 0 radical (unpaired) electrons. The lowest BCUT2D eigenvalue weighted by atomic mass is 9.94. The molecule has 0 aromatic rings. The van der Waals surface area contributed by atoms with Gasteiger partial charge in [0.1, 0.15) is 0 Å². The molecule has 0 fully saturated rings. The minimum absolute atomic E-state index is 0.0651. The van der Waals surface area contributed by atoms with Gasteiger partial charge in [0, 0.05) is 7.05 Å². The first-order valence-electron chi connectivity index (χ1n) is 4.99. The van der Waals surface area contributed by atoms with Gasteiger partial charge in [0.2, 0.25) is 5.91 Å². The quantitative estimate of drug-likeness (QED) is 0.673. The highest BCUT2D eigenvalue weighted by Gasteiger charge is 2.29. The van der Waals surface area contributed by atoms with Crippen molar-refractivity contribution in [2.24, 2.45) is 17.6 Å². The van der Waals surface area contributed by atoms with Gasteiger partial charge < -0.3 is 15.7 Å². The first kappa shape index (κ1) is 14.3. The van der Waals surface area contributed by atoms with Gasteiger partial charge in [-0.25, -0.2) is 0 Å². The molecule has 0 aromatic heterocycles. The van der Waals surface area contributed by atoms with E-state index < -0.39 is 5.92 Å². The molecule has 88 valence electrons. The summed E-state index contributed by atoms with van der Waals surface area (Å²) in [6.07, 6.45) is 0. The summed E-state index contributed by atoms with van der Waals surface area (Å²) in [6.45, 7) is 5.51. The van der Waals surface area contributed by atoms with Crippen LogP contribution in [0.2, 0.25) is 0 Å². The number of thiocarbonyl (C=S) groups is 1. The van der Waals surface area contributed by atoms with E-state index >= 15 is 0 Å². The van der Waals surface area contributed by atoms with Crippen molar-refractivity contribution in [1.29, 1.82) is 0 Å². The molecule has 0 bridgehead atoms. The van der Waals surface area contributed by atoms with Gasteiger partial charge in [0.15, 0.2) is 0 Å². The number of amides is 1. The number of rotatable bonds is 5. The Kier molecular flexibility index (Phi) is 5.75. The summed E-state index contributed by atoms with van der Waals surface area (Å²) >= 11 is 4.88. The maximum Gasteiger partial charge on any atom is 0.232 e. The SMILES string of the molecule is CC(C)C(C(=O)N(C)C(C)CO)C(N)=S. The highest BCUT2D eigenvalue weighted by molar-refractivity contribution is 7.80. The molecule has 2 unspecified atom stereocenters. The minimum Gasteiger partial charge on any atom is -0.394 e. The molecule has 15 heavy (non-hydrogen) atoms. The molecule has 0 aliphatic carbocycles. The second-order valence-electron chi connectivity index (χ2n) is 4.10. The van der Waals surface area contributed by atoms with Crippen LogP contribution in [-0.2, 0) is 4.79 Å². The van der Waals surface area contributed by atoms with Gasteiger partial charge in [-0.1, -0.05) is 26.1 Å². The van der Waals surface area contributed by atoms with Crippen molar-refractivity contribution < 1.29 is 9.90 Å². The van der Waals surface area contributed by atoms with Crippen molar-refractivity contribution in [3.63, 3.8) is 0 Å². The van der Waals surface area contributed by atoms with Gasteiger partial charge in [-0.3, -0.25) is 4.79 Å².